The fraction of sp³-hybridized carbons (Fsp3) is 0.527. The van der Waals surface area contributed by atoms with Crippen molar-refractivity contribution in [2.45, 2.75) is 106 Å². The molecule has 4 aliphatic rings. The second-order valence-corrected chi connectivity index (χ2v) is 19.8. The summed E-state index contributed by atoms with van der Waals surface area (Å²) in [6.07, 6.45) is 3.20. The van der Waals surface area contributed by atoms with Crippen molar-refractivity contribution in [1.29, 1.82) is 0 Å². The quantitative estimate of drug-likeness (QED) is 0.0849. The molecule has 0 spiro atoms. The Morgan fingerprint density at radius 1 is 0.944 bits per heavy atom. The third kappa shape index (κ3) is 13.8. The molecule has 72 heavy (non-hydrogen) atoms. The number of fused-ring (bicyclic) bond motifs is 3. The first-order chi connectivity index (χ1) is 34.9. The zero-order chi connectivity index (χ0) is 51.9. The molecule has 7 heterocycles. The molecular formula is C55H78N10O6S. The number of amides is 2. The minimum Gasteiger partial charge on any atom is -0.507 e. The first-order valence-electron chi connectivity index (χ1n) is 25.9. The molecule has 2 unspecified atom stereocenters. The summed E-state index contributed by atoms with van der Waals surface area (Å²) in [5.41, 5.74) is 8.55. The molecule has 5 aromatic rings. The number of carbonyl (C=O) groups is 2. The van der Waals surface area contributed by atoms with Gasteiger partial charge in [0.2, 0.25) is 12.3 Å². The SMILES string of the molecule is C=C(C)N1CC2CN(CC3CCN(CCOc4cc([C@H](C(=O)N5CCC(O)C5)C(C)C)on4)CC3)CCN2c2cc(-c3ccccc3O)nnc21.CC.CC.Cc1ncsc1-c1ccc([C@H](C)NC=O)cc1. The van der Waals surface area contributed by atoms with Crippen molar-refractivity contribution in [2.24, 2.45) is 11.8 Å². The van der Waals surface area contributed by atoms with Crippen LogP contribution in [0.25, 0.3) is 21.7 Å². The highest BCUT2D eigenvalue weighted by Gasteiger charge is 2.38. The molecule has 0 bridgehead atoms. The highest BCUT2D eigenvalue weighted by atomic mass is 32.1. The molecule has 17 heteroatoms. The van der Waals surface area contributed by atoms with Crippen LogP contribution in [0.2, 0.25) is 0 Å². The largest absolute Gasteiger partial charge is 0.507 e. The maximum absolute atomic E-state index is 13.2. The number of piperazine rings is 1. The van der Waals surface area contributed by atoms with Crippen molar-refractivity contribution < 1.29 is 29.1 Å². The number of para-hydroxylation sites is 1. The van der Waals surface area contributed by atoms with Crippen LogP contribution < -0.4 is 19.9 Å². The maximum atomic E-state index is 13.2. The maximum Gasteiger partial charge on any atom is 0.254 e. The Labute approximate surface area is 431 Å². The van der Waals surface area contributed by atoms with Crippen LogP contribution in [0.4, 0.5) is 11.5 Å². The molecular weight excluding hydrogens is 929 g/mol. The van der Waals surface area contributed by atoms with Crippen LogP contribution in [0.5, 0.6) is 11.6 Å². The Bertz CT molecular complexity index is 2490. The first kappa shape index (κ1) is 55.4. The molecule has 0 saturated carbocycles. The number of hydrogen-bond donors (Lipinski definition) is 3. The molecule has 2 aromatic carbocycles. The first-order valence-corrected chi connectivity index (χ1v) is 26.8. The third-order valence-corrected chi connectivity index (χ3v) is 14.7. The van der Waals surface area contributed by atoms with Gasteiger partial charge in [-0.2, -0.15) is 0 Å². The van der Waals surface area contributed by atoms with Gasteiger partial charge in [0.25, 0.3) is 5.88 Å². The van der Waals surface area contributed by atoms with Crippen LogP contribution in [0.3, 0.4) is 0 Å². The number of β-amino-alcohol motifs (C(OH)–C–C–N with tert-alkyl or cyclic N) is 1. The molecule has 390 valence electrons. The van der Waals surface area contributed by atoms with Gasteiger partial charge in [-0.05, 0) is 99.4 Å². The van der Waals surface area contributed by atoms with Gasteiger partial charge in [0, 0.05) is 69.7 Å². The van der Waals surface area contributed by atoms with Gasteiger partial charge >= 0.3 is 0 Å². The van der Waals surface area contributed by atoms with Crippen LogP contribution in [0, 0.1) is 18.8 Å². The summed E-state index contributed by atoms with van der Waals surface area (Å²) >= 11 is 1.64. The number of rotatable bonds is 15. The number of phenols is 1. The molecule has 4 atom stereocenters. The molecule has 4 aliphatic heterocycles. The van der Waals surface area contributed by atoms with Crippen molar-refractivity contribution in [3.63, 3.8) is 0 Å². The van der Waals surface area contributed by atoms with Gasteiger partial charge in [0.15, 0.2) is 11.6 Å². The van der Waals surface area contributed by atoms with Crippen LogP contribution in [0.1, 0.15) is 104 Å². The highest BCUT2D eigenvalue weighted by Crippen LogP contribution is 2.40. The number of ether oxygens (including phenoxy) is 1. The van der Waals surface area contributed by atoms with Gasteiger partial charge in [-0.1, -0.05) is 84.5 Å². The van der Waals surface area contributed by atoms with E-state index in [1.165, 1.54) is 10.4 Å². The minimum atomic E-state index is -0.455. The lowest BCUT2D eigenvalue weighted by Crippen LogP contribution is -2.60. The number of benzene rings is 2. The van der Waals surface area contributed by atoms with E-state index in [0.717, 1.165) is 100 Å². The second kappa shape index (κ2) is 26.7. The molecule has 2 amide bonds. The molecule has 3 saturated heterocycles. The van der Waals surface area contributed by atoms with E-state index in [4.69, 9.17) is 9.26 Å². The minimum absolute atomic E-state index is 0.0268. The number of phenolic OH excluding ortho intramolecular Hbond substituents is 1. The number of anilines is 2. The Kier molecular flexibility index (Phi) is 20.6. The molecule has 3 aromatic heterocycles. The number of thiazole rings is 1. The fourth-order valence-electron chi connectivity index (χ4n) is 9.89. The summed E-state index contributed by atoms with van der Waals surface area (Å²) in [4.78, 5) is 40.5. The molecule has 0 aliphatic carbocycles. The summed E-state index contributed by atoms with van der Waals surface area (Å²) in [6.45, 7) is 31.4. The molecule has 9 rings (SSSR count). The summed E-state index contributed by atoms with van der Waals surface area (Å²) in [5.74, 6) is 2.18. The van der Waals surface area contributed by atoms with E-state index in [0.29, 0.717) is 61.0 Å². The lowest BCUT2D eigenvalue weighted by atomic mass is 9.92. The summed E-state index contributed by atoms with van der Waals surface area (Å²) in [7, 11) is 0. The predicted octanol–water partition coefficient (Wildman–Crippen LogP) is 8.78. The monoisotopic (exact) mass is 1010 g/mol. The molecule has 3 fully saturated rings. The lowest BCUT2D eigenvalue weighted by Gasteiger charge is -2.49. The zero-order valence-corrected chi connectivity index (χ0v) is 44.8. The van der Waals surface area contributed by atoms with E-state index in [1.54, 1.807) is 28.4 Å². The van der Waals surface area contributed by atoms with E-state index < -0.39 is 12.0 Å². The smallest absolute Gasteiger partial charge is 0.254 e. The number of likely N-dealkylation sites (tertiary alicyclic amines) is 2. The van der Waals surface area contributed by atoms with Gasteiger partial charge in [0.05, 0.1) is 45.7 Å². The average molecular weight is 1010 g/mol. The number of aromatic nitrogens is 4. The van der Waals surface area contributed by atoms with E-state index in [1.807, 2.05) is 98.2 Å². The van der Waals surface area contributed by atoms with Gasteiger partial charge in [-0.3, -0.25) is 19.4 Å². The van der Waals surface area contributed by atoms with Crippen LogP contribution in [-0.2, 0) is 9.59 Å². The molecule has 0 radical (unpaired) electrons. The van der Waals surface area contributed by atoms with Crippen LogP contribution in [0.15, 0.2) is 83.0 Å². The van der Waals surface area contributed by atoms with Crippen molar-refractivity contribution in [2.75, 3.05) is 81.9 Å². The number of nitrogens with one attached hydrogen (secondary N) is 1. The highest BCUT2D eigenvalue weighted by molar-refractivity contribution is 7.13. The van der Waals surface area contributed by atoms with E-state index in [2.05, 4.69) is 70.0 Å². The average Bonchev–Trinajstić information content (AvgIpc) is 4.17. The summed E-state index contributed by atoms with van der Waals surface area (Å²) in [6, 6.07) is 19.7. The van der Waals surface area contributed by atoms with E-state index in [9.17, 15) is 19.8 Å². The van der Waals surface area contributed by atoms with Crippen LogP contribution >= 0.6 is 11.3 Å². The van der Waals surface area contributed by atoms with Gasteiger partial charge in [-0.25, -0.2) is 4.98 Å². The van der Waals surface area contributed by atoms with Crippen LogP contribution in [-0.4, -0.2) is 142 Å². The number of aryl methyl sites for hydroxylation is 1. The van der Waals surface area contributed by atoms with Gasteiger partial charge in [-0.15, -0.1) is 21.5 Å². The van der Waals surface area contributed by atoms with E-state index in [-0.39, 0.29) is 23.6 Å². The number of aromatic hydroxyl groups is 1. The summed E-state index contributed by atoms with van der Waals surface area (Å²) in [5, 5.41) is 36.3. The Hall–Kier alpha value is -5.88. The number of allylic oxidation sites excluding steroid dienone is 1. The van der Waals surface area contributed by atoms with Crippen molar-refractivity contribution in [3.05, 3.63) is 95.5 Å². The number of aliphatic hydroxyl groups is 1. The van der Waals surface area contributed by atoms with Crippen molar-refractivity contribution >= 4 is 35.2 Å². The molecule has 3 N–H and O–H groups in total. The van der Waals surface area contributed by atoms with Gasteiger partial charge < -0.3 is 39.5 Å². The Morgan fingerprint density at radius 3 is 2.32 bits per heavy atom. The zero-order valence-electron chi connectivity index (χ0n) is 44.0. The second-order valence-electron chi connectivity index (χ2n) is 19.0. The fourth-order valence-corrected chi connectivity index (χ4v) is 10.7. The number of carbonyl (C=O) groups excluding carboxylic acids is 2. The van der Waals surface area contributed by atoms with Crippen molar-refractivity contribution in [1.82, 2.24) is 40.4 Å². The number of aliphatic hydroxyl groups excluding tert-OH is 1. The number of hydrogen-bond acceptors (Lipinski definition) is 15. The Morgan fingerprint density at radius 2 is 1.68 bits per heavy atom. The molecule has 16 nitrogen and oxygen atoms in total. The number of piperidine rings is 1. The van der Waals surface area contributed by atoms with E-state index >= 15 is 0 Å². The topological polar surface area (TPSA) is 177 Å². The standard InChI is InChI=1S/C38H52N8O5.C13H14N2OS.2C2H6/c1-25(2)36(38(49)44-14-11-29(47)24-44)34-20-35(41-51-34)50-18-17-42-12-9-27(10-13-42)21-43-15-16-45-28(22-43)23-46(26(3)4)37-32(45)19-31(39-40-37)30-7-5-6-8-33(30)48;1-9(14-7-16)11-3-5-12(6-4-11)13-10(2)15-8-17-13;2*1-2/h5-8,19-20,25,27-29,36,47-48H,3,9-18,21-24H2,1-2,4H3;3-9H,1-2H3,(H,14,16);2*1-2H3/t28?,29?,36-;9-;;/m10../s1. The number of nitrogens with zero attached hydrogens (tertiary/aromatic N) is 9. The predicted molar refractivity (Wildman–Crippen MR) is 287 cm³/mol. The lowest BCUT2D eigenvalue weighted by molar-refractivity contribution is -0.133. The summed E-state index contributed by atoms with van der Waals surface area (Å²) < 4.78 is 11.6. The Balaban J connectivity index is 0.000000338. The van der Waals surface area contributed by atoms with Crippen molar-refractivity contribution in [3.8, 4) is 33.3 Å². The van der Waals surface area contributed by atoms with Gasteiger partial charge in [0.1, 0.15) is 18.3 Å². The third-order valence-electron chi connectivity index (χ3n) is 13.8. The normalized spacial score (nSPS) is 18.8.